The van der Waals surface area contributed by atoms with Crippen molar-refractivity contribution in [1.82, 2.24) is 4.57 Å². The van der Waals surface area contributed by atoms with Crippen molar-refractivity contribution >= 4 is 5.97 Å². The fourth-order valence-electron chi connectivity index (χ4n) is 2.53. The summed E-state index contributed by atoms with van der Waals surface area (Å²) in [6, 6.07) is 1.16. The molecule has 1 aliphatic carbocycles. The van der Waals surface area contributed by atoms with Crippen LogP contribution >= 0.6 is 0 Å². The van der Waals surface area contributed by atoms with Gasteiger partial charge >= 0.3 is 5.97 Å². The molecular weight excluding hydrogens is 256 g/mol. The van der Waals surface area contributed by atoms with Crippen molar-refractivity contribution in [3.05, 3.63) is 34.2 Å². The molecule has 1 saturated carbocycles. The van der Waals surface area contributed by atoms with Gasteiger partial charge in [-0.1, -0.05) is 0 Å². The number of hydrogen-bond acceptors (Lipinski definition) is 2. The van der Waals surface area contributed by atoms with Gasteiger partial charge in [-0.25, -0.2) is 13.6 Å². The van der Waals surface area contributed by atoms with Crippen molar-refractivity contribution < 1.29 is 18.7 Å². The first-order valence-corrected chi connectivity index (χ1v) is 6.18. The molecule has 0 radical (unpaired) electrons. The second-order valence-corrected chi connectivity index (χ2v) is 5.04. The van der Waals surface area contributed by atoms with Crippen LogP contribution < -0.4 is 5.43 Å². The van der Waals surface area contributed by atoms with Gasteiger partial charge in [-0.15, -0.1) is 0 Å². The fourth-order valence-corrected chi connectivity index (χ4v) is 2.53. The lowest BCUT2D eigenvalue weighted by molar-refractivity contribution is -0.0547. The van der Waals surface area contributed by atoms with E-state index in [0.717, 1.165) is 6.07 Å². The molecule has 104 valence electrons. The highest BCUT2D eigenvalue weighted by molar-refractivity contribution is 5.86. The Morgan fingerprint density at radius 2 is 2.26 bits per heavy atom. The maximum Gasteiger partial charge on any atom is 0.341 e. The Labute approximate surface area is 108 Å². The van der Waals surface area contributed by atoms with Crippen LogP contribution in [0.15, 0.2) is 23.3 Å². The number of nitrogens with zero attached hydrogens (tertiary/aromatic N) is 1. The van der Waals surface area contributed by atoms with E-state index in [2.05, 4.69) is 0 Å². The van der Waals surface area contributed by atoms with E-state index in [0.29, 0.717) is 19.4 Å². The van der Waals surface area contributed by atoms with Crippen molar-refractivity contribution in [2.75, 3.05) is 0 Å². The molecule has 6 heteroatoms. The van der Waals surface area contributed by atoms with Crippen LogP contribution in [0.3, 0.4) is 0 Å². The number of aromatic carboxylic acids is 1. The van der Waals surface area contributed by atoms with Crippen molar-refractivity contribution in [2.45, 2.75) is 38.2 Å². The first kappa shape index (κ1) is 13.7. The van der Waals surface area contributed by atoms with Gasteiger partial charge < -0.3 is 9.67 Å². The minimum Gasteiger partial charge on any atom is -0.477 e. The zero-order valence-corrected chi connectivity index (χ0v) is 10.3. The summed E-state index contributed by atoms with van der Waals surface area (Å²) < 4.78 is 28.1. The average molecular weight is 271 g/mol. The third-order valence-corrected chi connectivity index (χ3v) is 3.42. The summed E-state index contributed by atoms with van der Waals surface area (Å²) >= 11 is 0. The van der Waals surface area contributed by atoms with Gasteiger partial charge in [-0.3, -0.25) is 4.79 Å². The SMILES string of the molecule is O=C(O)c1cn(CC2CCCC(F)(F)C2)ccc1=O. The summed E-state index contributed by atoms with van der Waals surface area (Å²) in [7, 11) is 0. The Hall–Kier alpha value is -1.72. The Morgan fingerprint density at radius 3 is 2.89 bits per heavy atom. The van der Waals surface area contributed by atoms with Crippen LogP contribution in [-0.2, 0) is 6.54 Å². The van der Waals surface area contributed by atoms with E-state index in [9.17, 15) is 18.4 Å². The number of halogens is 2. The highest BCUT2D eigenvalue weighted by Gasteiger charge is 2.36. The summed E-state index contributed by atoms with van der Waals surface area (Å²) in [5, 5.41) is 8.85. The van der Waals surface area contributed by atoms with Crippen molar-refractivity contribution in [3.63, 3.8) is 0 Å². The van der Waals surface area contributed by atoms with E-state index in [1.165, 1.54) is 17.0 Å². The Balaban J connectivity index is 2.13. The molecule has 1 unspecified atom stereocenters. The summed E-state index contributed by atoms with van der Waals surface area (Å²) in [5.41, 5.74) is -0.900. The van der Waals surface area contributed by atoms with Crippen LogP contribution in [0.25, 0.3) is 0 Å². The molecule has 0 amide bonds. The van der Waals surface area contributed by atoms with Gasteiger partial charge in [0.05, 0.1) is 0 Å². The summed E-state index contributed by atoms with van der Waals surface area (Å²) in [5.74, 6) is -4.11. The van der Waals surface area contributed by atoms with Gasteiger partial charge in [0.15, 0.2) is 5.43 Å². The number of rotatable bonds is 3. The third kappa shape index (κ3) is 3.39. The standard InChI is InChI=1S/C13H15F2NO3/c14-13(15)4-1-2-9(6-13)7-16-5-3-11(17)10(8-16)12(18)19/h3,5,8-9H,1-2,4,6-7H2,(H,18,19). The lowest BCUT2D eigenvalue weighted by Gasteiger charge is -2.29. The molecule has 0 aliphatic heterocycles. The van der Waals surface area contributed by atoms with E-state index >= 15 is 0 Å². The molecule has 1 aromatic heterocycles. The van der Waals surface area contributed by atoms with Gasteiger partial charge in [-0.2, -0.15) is 0 Å². The number of carbonyl (C=O) groups is 1. The van der Waals surface area contributed by atoms with Crippen molar-refractivity contribution in [3.8, 4) is 0 Å². The molecule has 1 N–H and O–H groups in total. The second-order valence-electron chi connectivity index (χ2n) is 5.04. The molecule has 0 bridgehead atoms. The molecule has 0 saturated heterocycles. The van der Waals surface area contributed by atoms with Crippen LogP contribution in [-0.4, -0.2) is 21.6 Å². The van der Waals surface area contributed by atoms with E-state index in [1.54, 1.807) is 0 Å². The zero-order valence-electron chi connectivity index (χ0n) is 10.3. The number of alkyl halides is 2. The van der Waals surface area contributed by atoms with Gasteiger partial charge in [-0.05, 0) is 18.8 Å². The molecule has 2 rings (SSSR count). The second kappa shape index (κ2) is 5.11. The number of carboxylic acid groups (broad SMARTS) is 1. The van der Waals surface area contributed by atoms with Gasteiger partial charge in [0.1, 0.15) is 5.56 Å². The van der Waals surface area contributed by atoms with E-state index in [4.69, 9.17) is 5.11 Å². The largest absolute Gasteiger partial charge is 0.477 e. The molecular formula is C13H15F2NO3. The minimum atomic E-state index is -2.63. The van der Waals surface area contributed by atoms with E-state index in [1.807, 2.05) is 0 Å². The Kier molecular flexibility index (Phi) is 3.68. The summed E-state index contributed by atoms with van der Waals surface area (Å²) in [6.45, 7) is 0.316. The first-order chi connectivity index (χ1) is 8.87. The maximum atomic E-state index is 13.3. The molecule has 4 nitrogen and oxygen atoms in total. The van der Waals surface area contributed by atoms with E-state index < -0.39 is 17.3 Å². The molecule has 1 atom stereocenters. The predicted octanol–water partition coefficient (Wildman–Crippen LogP) is 2.37. The molecule has 0 spiro atoms. The lowest BCUT2D eigenvalue weighted by atomic mass is 9.86. The highest BCUT2D eigenvalue weighted by atomic mass is 19.3. The molecule has 0 aromatic carbocycles. The van der Waals surface area contributed by atoms with Crippen LogP contribution in [0.4, 0.5) is 8.78 Å². The number of carboxylic acids is 1. The van der Waals surface area contributed by atoms with Crippen LogP contribution in [0.1, 0.15) is 36.0 Å². The number of hydrogen-bond donors (Lipinski definition) is 1. The average Bonchev–Trinajstić information content (AvgIpc) is 2.30. The fraction of sp³-hybridized carbons (Fsp3) is 0.538. The van der Waals surface area contributed by atoms with Gasteiger partial charge in [0.2, 0.25) is 5.92 Å². The Bertz CT molecular complexity index is 539. The summed E-state index contributed by atoms with van der Waals surface area (Å²) in [4.78, 5) is 22.1. The minimum absolute atomic E-state index is 0.0754. The summed E-state index contributed by atoms with van der Waals surface area (Å²) in [6.07, 6.45) is 3.59. The maximum absolute atomic E-state index is 13.3. The number of aromatic nitrogens is 1. The first-order valence-electron chi connectivity index (χ1n) is 6.18. The van der Waals surface area contributed by atoms with Gasteiger partial charge in [0, 0.05) is 37.8 Å². The lowest BCUT2D eigenvalue weighted by Crippen LogP contribution is -2.29. The molecule has 1 aliphatic rings. The van der Waals surface area contributed by atoms with Crippen LogP contribution in [0.2, 0.25) is 0 Å². The predicted molar refractivity (Wildman–Crippen MR) is 64.6 cm³/mol. The molecule has 19 heavy (non-hydrogen) atoms. The third-order valence-electron chi connectivity index (χ3n) is 3.42. The zero-order chi connectivity index (χ0) is 14.0. The van der Waals surface area contributed by atoms with Gasteiger partial charge in [0.25, 0.3) is 0 Å². The van der Waals surface area contributed by atoms with Crippen LogP contribution in [0.5, 0.6) is 0 Å². The normalized spacial score (nSPS) is 22.1. The highest BCUT2D eigenvalue weighted by Crippen LogP contribution is 2.37. The quantitative estimate of drug-likeness (QED) is 0.918. The van der Waals surface area contributed by atoms with Crippen LogP contribution in [0, 0.1) is 5.92 Å². The smallest absolute Gasteiger partial charge is 0.341 e. The topological polar surface area (TPSA) is 59.3 Å². The van der Waals surface area contributed by atoms with E-state index in [-0.39, 0.29) is 24.3 Å². The molecule has 1 fully saturated rings. The molecule has 1 heterocycles. The molecule has 1 aromatic rings. The van der Waals surface area contributed by atoms with Crippen molar-refractivity contribution in [1.29, 1.82) is 0 Å². The number of pyridine rings is 1. The monoisotopic (exact) mass is 271 g/mol. The van der Waals surface area contributed by atoms with Crippen molar-refractivity contribution in [2.24, 2.45) is 5.92 Å². The Morgan fingerprint density at radius 1 is 1.53 bits per heavy atom.